The standard InChI is InChI=1S/C25H25N3O6S/c1-14-22(24(30)31)28-21(35-14)12-26-23(29)20(33-2)11-27-25(32)34-13-19-17-9-5-3-7-15(17)16-8-4-6-10-18(16)19/h3-10,19-20H,11-13H2,1-2H3,(H,26,29)(H,27,32)(H,30,31). The van der Waals surface area contributed by atoms with E-state index < -0.39 is 24.1 Å². The number of aromatic carboxylic acids is 1. The Morgan fingerprint density at radius 2 is 1.69 bits per heavy atom. The number of nitrogens with zero attached hydrogens (tertiary/aromatic N) is 1. The summed E-state index contributed by atoms with van der Waals surface area (Å²) in [5.74, 6) is -1.64. The molecule has 1 aliphatic rings. The van der Waals surface area contributed by atoms with Gasteiger partial charge in [0, 0.05) is 17.9 Å². The summed E-state index contributed by atoms with van der Waals surface area (Å²) in [6.45, 7) is 1.79. The number of carbonyl (C=O) groups is 3. The van der Waals surface area contributed by atoms with Crippen molar-refractivity contribution in [2.75, 3.05) is 20.3 Å². The fourth-order valence-electron chi connectivity index (χ4n) is 4.11. The van der Waals surface area contributed by atoms with E-state index >= 15 is 0 Å². The Hall–Kier alpha value is -3.76. The van der Waals surface area contributed by atoms with Gasteiger partial charge in [0.1, 0.15) is 11.6 Å². The number of fused-ring (bicyclic) bond motifs is 3. The van der Waals surface area contributed by atoms with Gasteiger partial charge < -0.3 is 25.2 Å². The van der Waals surface area contributed by atoms with E-state index in [1.54, 1.807) is 6.92 Å². The molecule has 1 atom stereocenters. The molecule has 1 aliphatic carbocycles. The first-order valence-corrected chi connectivity index (χ1v) is 11.8. The Kier molecular flexibility index (Phi) is 7.42. The molecule has 9 nitrogen and oxygen atoms in total. The summed E-state index contributed by atoms with van der Waals surface area (Å²) >= 11 is 1.19. The maximum Gasteiger partial charge on any atom is 0.407 e. The van der Waals surface area contributed by atoms with Gasteiger partial charge in [0.15, 0.2) is 11.8 Å². The van der Waals surface area contributed by atoms with Gasteiger partial charge in [0.25, 0.3) is 5.91 Å². The lowest BCUT2D eigenvalue weighted by Crippen LogP contribution is -2.43. The molecule has 0 saturated carbocycles. The molecule has 182 valence electrons. The van der Waals surface area contributed by atoms with Gasteiger partial charge in [-0.3, -0.25) is 4.79 Å². The van der Waals surface area contributed by atoms with Crippen LogP contribution in [0.5, 0.6) is 0 Å². The number of thiazole rings is 1. The lowest BCUT2D eigenvalue weighted by molar-refractivity contribution is -0.130. The van der Waals surface area contributed by atoms with Gasteiger partial charge in [-0.25, -0.2) is 14.6 Å². The quantitative estimate of drug-likeness (QED) is 0.416. The summed E-state index contributed by atoms with van der Waals surface area (Å²) in [5, 5.41) is 14.8. The zero-order chi connectivity index (χ0) is 24.9. The second-order valence-corrected chi connectivity index (χ2v) is 9.25. The van der Waals surface area contributed by atoms with Crippen LogP contribution >= 0.6 is 11.3 Å². The van der Waals surface area contributed by atoms with Gasteiger partial charge in [-0.2, -0.15) is 0 Å². The van der Waals surface area contributed by atoms with Crippen LogP contribution in [0, 0.1) is 6.92 Å². The highest BCUT2D eigenvalue weighted by Gasteiger charge is 2.29. The Morgan fingerprint density at radius 3 is 2.26 bits per heavy atom. The number of amides is 2. The van der Waals surface area contributed by atoms with Crippen molar-refractivity contribution in [3.63, 3.8) is 0 Å². The normalized spacial score (nSPS) is 13.0. The second kappa shape index (κ2) is 10.7. The number of carboxylic acid groups (broad SMARTS) is 1. The average Bonchev–Trinajstić information content (AvgIpc) is 3.39. The average molecular weight is 496 g/mol. The Bertz CT molecular complexity index is 1210. The largest absolute Gasteiger partial charge is 0.476 e. The molecule has 0 fully saturated rings. The molecule has 0 spiro atoms. The number of aromatic nitrogens is 1. The molecule has 0 radical (unpaired) electrons. The van der Waals surface area contributed by atoms with Crippen molar-refractivity contribution in [2.24, 2.45) is 0 Å². The first-order chi connectivity index (χ1) is 16.9. The molecular weight excluding hydrogens is 470 g/mol. The van der Waals surface area contributed by atoms with Gasteiger partial charge in [-0.15, -0.1) is 11.3 Å². The van der Waals surface area contributed by atoms with Crippen molar-refractivity contribution in [1.82, 2.24) is 15.6 Å². The molecule has 0 aliphatic heterocycles. The van der Waals surface area contributed by atoms with Gasteiger partial charge in [-0.1, -0.05) is 48.5 Å². The number of benzene rings is 2. The number of alkyl carbamates (subject to hydrolysis) is 1. The Balaban J connectivity index is 1.28. The SMILES string of the molecule is COC(CNC(=O)OCC1c2ccccc2-c2ccccc21)C(=O)NCc1nc(C(=O)O)c(C)s1. The van der Waals surface area contributed by atoms with Crippen molar-refractivity contribution in [3.8, 4) is 11.1 Å². The Morgan fingerprint density at radius 1 is 1.06 bits per heavy atom. The maximum atomic E-state index is 12.5. The molecule has 3 N–H and O–H groups in total. The van der Waals surface area contributed by atoms with E-state index in [9.17, 15) is 14.4 Å². The number of carboxylic acids is 1. The van der Waals surface area contributed by atoms with Crippen LogP contribution in [0.2, 0.25) is 0 Å². The van der Waals surface area contributed by atoms with Crippen LogP contribution in [-0.2, 0) is 20.8 Å². The third-order valence-electron chi connectivity index (χ3n) is 5.81. The number of ether oxygens (including phenoxy) is 2. The van der Waals surface area contributed by atoms with Gasteiger partial charge in [0.05, 0.1) is 13.1 Å². The van der Waals surface area contributed by atoms with Crippen molar-refractivity contribution in [1.29, 1.82) is 0 Å². The molecule has 3 aromatic rings. The molecule has 1 heterocycles. The summed E-state index contributed by atoms with van der Waals surface area (Å²) in [5.41, 5.74) is 4.47. The third kappa shape index (κ3) is 5.33. The maximum absolute atomic E-state index is 12.5. The molecule has 0 saturated heterocycles. The third-order valence-corrected chi connectivity index (χ3v) is 6.78. The van der Waals surface area contributed by atoms with Crippen molar-refractivity contribution >= 4 is 29.3 Å². The molecule has 0 bridgehead atoms. The zero-order valence-electron chi connectivity index (χ0n) is 19.2. The van der Waals surface area contributed by atoms with E-state index in [0.717, 1.165) is 22.3 Å². The number of aryl methyl sites for hydroxylation is 1. The topological polar surface area (TPSA) is 127 Å². The van der Waals surface area contributed by atoms with Crippen LogP contribution in [0.4, 0.5) is 4.79 Å². The van der Waals surface area contributed by atoms with E-state index in [1.165, 1.54) is 18.4 Å². The highest BCUT2D eigenvalue weighted by molar-refractivity contribution is 7.11. The molecule has 4 rings (SSSR count). The minimum Gasteiger partial charge on any atom is -0.476 e. The van der Waals surface area contributed by atoms with E-state index in [1.807, 2.05) is 36.4 Å². The minimum absolute atomic E-state index is 0.0283. The van der Waals surface area contributed by atoms with Crippen molar-refractivity contribution < 1.29 is 29.0 Å². The first kappa shape index (κ1) is 24.4. The number of hydrogen-bond acceptors (Lipinski definition) is 7. The Labute approximate surface area is 206 Å². The number of nitrogens with one attached hydrogen (secondary N) is 2. The fourth-order valence-corrected chi connectivity index (χ4v) is 4.97. The molecule has 2 aromatic carbocycles. The van der Waals surface area contributed by atoms with Crippen molar-refractivity contribution in [3.05, 3.63) is 75.2 Å². The highest BCUT2D eigenvalue weighted by atomic mass is 32.1. The number of carbonyl (C=O) groups excluding carboxylic acids is 2. The van der Waals surface area contributed by atoms with Gasteiger partial charge in [0.2, 0.25) is 0 Å². The van der Waals surface area contributed by atoms with Crippen molar-refractivity contribution in [2.45, 2.75) is 25.5 Å². The summed E-state index contributed by atoms with van der Waals surface area (Å²) in [6.07, 6.45) is -1.60. The molecule has 1 unspecified atom stereocenters. The van der Waals surface area contributed by atoms with E-state index in [4.69, 9.17) is 14.6 Å². The van der Waals surface area contributed by atoms with Crippen LogP contribution < -0.4 is 10.6 Å². The first-order valence-electron chi connectivity index (χ1n) is 11.0. The second-order valence-electron chi connectivity index (χ2n) is 7.97. The predicted octanol–water partition coefficient (Wildman–Crippen LogP) is 3.32. The van der Waals surface area contributed by atoms with Gasteiger partial charge in [-0.05, 0) is 29.2 Å². The zero-order valence-corrected chi connectivity index (χ0v) is 20.1. The molecule has 2 amide bonds. The summed E-state index contributed by atoms with van der Waals surface area (Å²) in [7, 11) is 1.36. The molecule has 35 heavy (non-hydrogen) atoms. The number of methoxy groups -OCH3 is 1. The van der Waals surface area contributed by atoms with Gasteiger partial charge >= 0.3 is 12.1 Å². The number of rotatable bonds is 9. The highest BCUT2D eigenvalue weighted by Crippen LogP contribution is 2.44. The fraction of sp³-hybridized carbons (Fsp3) is 0.280. The molecule has 1 aromatic heterocycles. The van der Waals surface area contributed by atoms with E-state index in [0.29, 0.717) is 9.88 Å². The predicted molar refractivity (Wildman–Crippen MR) is 130 cm³/mol. The lowest BCUT2D eigenvalue weighted by Gasteiger charge is -2.17. The number of hydrogen-bond donors (Lipinski definition) is 3. The molecular formula is C25H25N3O6S. The van der Waals surface area contributed by atoms with Crippen LogP contribution in [0.25, 0.3) is 11.1 Å². The van der Waals surface area contributed by atoms with E-state index in [2.05, 4.69) is 27.8 Å². The van der Waals surface area contributed by atoms with E-state index in [-0.39, 0.29) is 31.3 Å². The molecule has 10 heteroatoms. The lowest BCUT2D eigenvalue weighted by atomic mass is 9.98. The summed E-state index contributed by atoms with van der Waals surface area (Å²) < 4.78 is 10.7. The summed E-state index contributed by atoms with van der Waals surface area (Å²) in [4.78, 5) is 40.5. The van der Waals surface area contributed by atoms with Crippen LogP contribution in [0.3, 0.4) is 0 Å². The van der Waals surface area contributed by atoms with Crippen LogP contribution in [0.1, 0.15) is 37.4 Å². The van der Waals surface area contributed by atoms with Crippen LogP contribution in [-0.4, -0.2) is 54.4 Å². The van der Waals surface area contributed by atoms with Crippen LogP contribution in [0.15, 0.2) is 48.5 Å². The monoisotopic (exact) mass is 495 g/mol. The minimum atomic E-state index is -1.11. The smallest absolute Gasteiger partial charge is 0.407 e. The summed E-state index contributed by atoms with van der Waals surface area (Å²) in [6, 6.07) is 16.1.